The molecule has 0 spiro atoms. The van der Waals surface area contributed by atoms with E-state index in [0.29, 0.717) is 18.5 Å². The van der Waals surface area contributed by atoms with Crippen LogP contribution in [0.3, 0.4) is 0 Å². The number of carboxylic acids is 1. The van der Waals surface area contributed by atoms with Crippen molar-refractivity contribution in [1.29, 1.82) is 0 Å². The number of benzene rings is 1. The second-order valence-electron chi connectivity index (χ2n) is 7.62. The molecule has 28 heavy (non-hydrogen) atoms. The molecule has 7 heteroatoms. The molecule has 0 radical (unpaired) electrons. The molecule has 1 aromatic rings. The molecule has 1 aliphatic carbocycles. The van der Waals surface area contributed by atoms with E-state index in [2.05, 4.69) is 16.0 Å². The van der Waals surface area contributed by atoms with Gasteiger partial charge in [-0.3, -0.25) is 9.59 Å². The van der Waals surface area contributed by atoms with Crippen LogP contribution in [0.15, 0.2) is 30.3 Å². The highest BCUT2D eigenvalue weighted by Gasteiger charge is 2.35. The van der Waals surface area contributed by atoms with Crippen molar-refractivity contribution in [3.05, 3.63) is 35.9 Å². The number of amides is 3. The fourth-order valence-electron chi connectivity index (χ4n) is 3.41. The molecule has 0 heterocycles. The van der Waals surface area contributed by atoms with Crippen LogP contribution in [-0.4, -0.2) is 42.1 Å². The topological polar surface area (TPSA) is 108 Å². The fourth-order valence-corrected chi connectivity index (χ4v) is 3.41. The molecule has 1 unspecified atom stereocenters. The van der Waals surface area contributed by atoms with E-state index in [9.17, 15) is 19.5 Å². The van der Waals surface area contributed by atoms with Crippen LogP contribution in [0.2, 0.25) is 0 Å². The molecule has 2 rings (SSSR count). The Morgan fingerprint density at radius 1 is 1.07 bits per heavy atom. The van der Waals surface area contributed by atoms with E-state index >= 15 is 0 Å². The van der Waals surface area contributed by atoms with Crippen LogP contribution in [0.25, 0.3) is 0 Å². The lowest BCUT2D eigenvalue weighted by Crippen LogP contribution is -2.45. The molecule has 0 aliphatic heterocycles. The third-order valence-electron chi connectivity index (χ3n) is 5.33. The molecule has 0 bridgehead atoms. The number of nitrogens with one attached hydrogen (secondary N) is 3. The van der Waals surface area contributed by atoms with Gasteiger partial charge in [-0.2, -0.15) is 0 Å². The van der Waals surface area contributed by atoms with Crippen molar-refractivity contribution < 1.29 is 19.5 Å². The van der Waals surface area contributed by atoms with Crippen LogP contribution in [0, 0.1) is 0 Å². The quantitative estimate of drug-likeness (QED) is 0.487. The van der Waals surface area contributed by atoms with E-state index in [-0.39, 0.29) is 30.9 Å². The summed E-state index contributed by atoms with van der Waals surface area (Å²) in [6, 6.07) is 8.94. The Labute approximate surface area is 166 Å². The van der Waals surface area contributed by atoms with Gasteiger partial charge in [0.05, 0.1) is 0 Å². The van der Waals surface area contributed by atoms with Crippen molar-refractivity contribution in [2.75, 3.05) is 13.1 Å². The van der Waals surface area contributed by atoms with Crippen molar-refractivity contribution in [3.63, 3.8) is 0 Å². The molecule has 7 nitrogen and oxygen atoms in total. The van der Waals surface area contributed by atoms with Crippen molar-refractivity contribution in [1.82, 2.24) is 16.0 Å². The first kappa shape index (κ1) is 21.7. The minimum Gasteiger partial charge on any atom is -0.481 e. The normalized spacial score (nSPS) is 16.6. The van der Waals surface area contributed by atoms with E-state index in [1.54, 1.807) is 31.2 Å². The van der Waals surface area contributed by atoms with Crippen LogP contribution in [0.1, 0.15) is 57.4 Å². The average molecular weight is 389 g/mol. The molecule has 4 N–H and O–H groups in total. The number of carbonyl (C=O) groups is 3. The summed E-state index contributed by atoms with van der Waals surface area (Å²) in [5.74, 6) is -1.21. The lowest BCUT2D eigenvalue weighted by atomic mass is 9.82. The highest BCUT2D eigenvalue weighted by molar-refractivity contribution is 5.83. The maximum Gasteiger partial charge on any atom is 0.315 e. The van der Waals surface area contributed by atoms with Crippen molar-refractivity contribution in [3.8, 4) is 0 Å². The summed E-state index contributed by atoms with van der Waals surface area (Å²) in [7, 11) is 0. The van der Waals surface area contributed by atoms with Gasteiger partial charge in [0.25, 0.3) is 0 Å². The lowest BCUT2D eigenvalue weighted by Gasteiger charge is -2.25. The van der Waals surface area contributed by atoms with Crippen LogP contribution in [0.5, 0.6) is 0 Å². The van der Waals surface area contributed by atoms with Crippen LogP contribution < -0.4 is 16.0 Å². The lowest BCUT2D eigenvalue weighted by molar-refractivity contribution is -0.143. The average Bonchev–Trinajstić information content (AvgIpc) is 2.70. The minimum absolute atomic E-state index is 0.0147. The van der Waals surface area contributed by atoms with Gasteiger partial charge in [-0.25, -0.2) is 4.79 Å². The Morgan fingerprint density at radius 3 is 2.39 bits per heavy atom. The molecule has 0 aromatic heterocycles. The monoisotopic (exact) mass is 389 g/mol. The largest absolute Gasteiger partial charge is 0.481 e. The predicted octanol–water partition coefficient (Wildman–Crippen LogP) is 2.56. The number of aliphatic carboxylic acids is 1. The minimum atomic E-state index is -1.19. The number of carboxylic acid groups (broad SMARTS) is 1. The molecule has 1 aromatic carbocycles. The third-order valence-corrected chi connectivity index (χ3v) is 5.33. The Bertz CT molecular complexity index is 659. The predicted molar refractivity (Wildman–Crippen MR) is 107 cm³/mol. The van der Waals surface area contributed by atoms with Crippen LogP contribution in [-0.2, 0) is 15.0 Å². The van der Waals surface area contributed by atoms with Crippen molar-refractivity contribution >= 4 is 17.9 Å². The van der Waals surface area contributed by atoms with Gasteiger partial charge in [-0.1, -0.05) is 49.6 Å². The van der Waals surface area contributed by atoms with E-state index in [1.165, 1.54) is 6.42 Å². The standard InChI is InChI=1S/C21H31N3O4/c1-21(19(26)27,16-9-4-2-5-10-16)15-23-18(25)13-8-14-22-20(28)24-17-11-6-3-7-12-17/h2,4-5,9-10,17H,3,6-8,11-15H2,1H3,(H,23,25)(H,26,27)(H2,22,24,28). The van der Waals surface area contributed by atoms with Crippen molar-refractivity contribution in [2.24, 2.45) is 0 Å². The van der Waals surface area contributed by atoms with Gasteiger partial charge >= 0.3 is 12.0 Å². The van der Waals surface area contributed by atoms with Crippen LogP contribution in [0.4, 0.5) is 4.79 Å². The van der Waals surface area contributed by atoms with Gasteiger partial charge < -0.3 is 21.1 Å². The second kappa shape index (κ2) is 10.7. The molecule has 3 amide bonds. The molecule has 154 valence electrons. The summed E-state index contributed by atoms with van der Waals surface area (Å²) in [5, 5.41) is 18.1. The Balaban J connectivity index is 1.67. The van der Waals surface area contributed by atoms with Crippen LogP contribution >= 0.6 is 0 Å². The Morgan fingerprint density at radius 2 is 1.75 bits per heavy atom. The maximum absolute atomic E-state index is 12.1. The fraction of sp³-hybridized carbons (Fsp3) is 0.571. The molecule has 1 saturated carbocycles. The Kier molecular flexibility index (Phi) is 8.29. The molecule has 1 fully saturated rings. The van der Waals surface area contributed by atoms with Gasteiger partial charge in [0, 0.05) is 25.6 Å². The first-order valence-electron chi connectivity index (χ1n) is 10.0. The Hall–Kier alpha value is -2.57. The summed E-state index contributed by atoms with van der Waals surface area (Å²) < 4.78 is 0. The summed E-state index contributed by atoms with van der Waals surface area (Å²) in [6.45, 7) is 2.02. The van der Waals surface area contributed by atoms with E-state index in [4.69, 9.17) is 0 Å². The number of urea groups is 1. The van der Waals surface area contributed by atoms with Gasteiger partial charge in [0.15, 0.2) is 0 Å². The second-order valence-corrected chi connectivity index (χ2v) is 7.62. The summed E-state index contributed by atoms with van der Waals surface area (Å²) in [6.07, 6.45) is 6.33. The zero-order valence-corrected chi connectivity index (χ0v) is 16.5. The summed E-state index contributed by atoms with van der Waals surface area (Å²) in [4.78, 5) is 35.7. The molecule has 1 aliphatic rings. The van der Waals surface area contributed by atoms with Gasteiger partial charge in [-0.15, -0.1) is 0 Å². The summed E-state index contributed by atoms with van der Waals surface area (Å²) >= 11 is 0. The van der Waals surface area contributed by atoms with Gasteiger partial charge in [0.2, 0.25) is 5.91 Å². The molecule has 0 saturated heterocycles. The first-order chi connectivity index (χ1) is 13.4. The van der Waals surface area contributed by atoms with E-state index in [0.717, 1.165) is 25.7 Å². The number of hydrogen-bond acceptors (Lipinski definition) is 3. The molecular formula is C21H31N3O4. The zero-order chi connectivity index (χ0) is 20.4. The van der Waals surface area contributed by atoms with Gasteiger partial charge in [-0.05, 0) is 31.7 Å². The smallest absolute Gasteiger partial charge is 0.315 e. The third kappa shape index (κ3) is 6.55. The number of rotatable bonds is 9. The molecular weight excluding hydrogens is 358 g/mol. The number of carbonyl (C=O) groups excluding carboxylic acids is 2. The van der Waals surface area contributed by atoms with E-state index in [1.807, 2.05) is 6.07 Å². The maximum atomic E-state index is 12.1. The van der Waals surface area contributed by atoms with Gasteiger partial charge in [0.1, 0.15) is 5.41 Å². The van der Waals surface area contributed by atoms with E-state index < -0.39 is 11.4 Å². The highest BCUT2D eigenvalue weighted by atomic mass is 16.4. The number of hydrogen-bond donors (Lipinski definition) is 4. The first-order valence-corrected chi connectivity index (χ1v) is 10.0. The summed E-state index contributed by atoms with van der Waals surface area (Å²) in [5.41, 5.74) is -0.543. The SMILES string of the molecule is CC(CNC(=O)CCCNC(=O)NC1CCCCC1)(C(=O)O)c1ccccc1. The highest BCUT2D eigenvalue weighted by Crippen LogP contribution is 2.23. The van der Waals surface area contributed by atoms with Crippen molar-refractivity contribution in [2.45, 2.75) is 63.3 Å². The zero-order valence-electron chi connectivity index (χ0n) is 16.5. The molecule has 1 atom stereocenters.